The van der Waals surface area contributed by atoms with Crippen LogP contribution in [0.3, 0.4) is 0 Å². The molecule has 0 spiro atoms. The predicted molar refractivity (Wildman–Crippen MR) is 44.1 cm³/mol. The van der Waals surface area contributed by atoms with Crippen LogP contribution in [0.2, 0.25) is 0 Å². The van der Waals surface area contributed by atoms with Gasteiger partial charge in [0.1, 0.15) is 12.6 Å². The number of quaternary nitrogens is 1. The Morgan fingerprint density at radius 2 is 2.00 bits per heavy atom. The van der Waals surface area contributed by atoms with Crippen LogP contribution in [0.5, 0.6) is 0 Å². The molecular weight excluding hydrogens is 138 g/mol. The Morgan fingerprint density at radius 3 is 2.36 bits per heavy atom. The van der Waals surface area contributed by atoms with Gasteiger partial charge in [0.25, 0.3) is 0 Å². The summed E-state index contributed by atoms with van der Waals surface area (Å²) in [7, 11) is 0. The molecule has 1 atom stereocenters. The van der Waals surface area contributed by atoms with Crippen LogP contribution >= 0.6 is 0 Å². The van der Waals surface area contributed by atoms with Crippen LogP contribution in [-0.2, 0) is 0 Å². The van der Waals surface area contributed by atoms with E-state index >= 15 is 0 Å². The van der Waals surface area contributed by atoms with E-state index in [1.54, 1.807) is 0 Å². The fourth-order valence-corrected chi connectivity index (χ4v) is 2.69. The lowest BCUT2D eigenvalue weighted by Gasteiger charge is -2.50. The van der Waals surface area contributed by atoms with Crippen molar-refractivity contribution in [1.82, 2.24) is 0 Å². The van der Waals surface area contributed by atoms with E-state index in [4.69, 9.17) is 0 Å². The SMILES string of the molecule is CC[N+]12CCC(CC1)C(O)C2. The van der Waals surface area contributed by atoms with E-state index in [9.17, 15) is 5.11 Å². The number of aliphatic hydroxyl groups excluding tert-OH is 1. The Bertz CT molecular complexity index is 150. The van der Waals surface area contributed by atoms with Gasteiger partial charge in [0.2, 0.25) is 0 Å². The van der Waals surface area contributed by atoms with Gasteiger partial charge in [-0.3, -0.25) is 0 Å². The lowest BCUT2D eigenvalue weighted by atomic mass is 9.83. The Morgan fingerprint density at radius 1 is 1.36 bits per heavy atom. The second-order valence-corrected chi connectivity index (χ2v) is 4.19. The number of fused-ring (bicyclic) bond motifs is 3. The molecule has 2 nitrogen and oxygen atoms in total. The minimum Gasteiger partial charge on any atom is -0.387 e. The normalized spacial score (nSPS) is 49.6. The molecule has 0 amide bonds. The molecule has 3 fully saturated rings. The molecule has 0 aromatic carbocycles. The molecule has 3 heterocycles. The quantitative estimate of drug-likeness (QED) is 0.551. The van der Waals surface area contributed by atoms with Gasteiger partial charge in [0.15, 0.2) is 0 Å². The largest absolute Gasteiger partial charge is 0.387 e. The summed E-state index contributed by atoms with van der Waals surface area (Å²) in [6, 6.07) is 0. The topological polar surface area (TPSA) is 20.2 Å². The van der Waals surface area contributed by atoms with Crippen molar-refractivity contribution >= 4 is 0 Å². The molecule has 2 bridgehead atoms. The molecule has 0 aliphatic carbocycles. The third-order valence-electron chi connectivity index (χ3n) is 3.74. The third kappa shape index (κ3) is 1.09. The molecule has 1 unspecified atom stereocenters. The highest BCUT2D eigenvalue weighted by Crippen LogP contribution is 2.33. The van der Waals surface area contributed by atoms with Gasteiger partial charge in [0, 0.05) is 18.8 Å². The van der Waals surface area contributed by atoms with E-state index in [0.717, 1.165) is 6.54 Å². The Balaban J connectivity index is 2.12. The number of piperidine rings is 3. The highest BCUT2D eigenvalue weighted by molar-refractivity contribution is 4.78. The molecule has 0 saturated carbocycles. The van der Waals surface area contributed by atoms with Crippen molar-refractivity contribution in [3.05, 3.63) is 0 Å². The summed E-state index contributed by atoms with van der Waals surface area (Å²) in [6.45, 7) is 7.12. The molecule has 3 aliphatic rings. The summed E-state index contributed by atoms with van der Waals surface area (Å²) in [5.41, 5.74) is 0. The van der Waals surface area contributed by atoms with Gasteiger partial charge in [-0.1, -0.05) is 0 Å². The van der Waals surface area contributed by atoms with Gasteiger partial charge in [-0.15, -0.1) is 0 Å². The molecule has 0 aromatic rings. The van der Waals surface area contributed by atoms with Crippen molar-refractivity contribution in [2.45, 2.75) is 25.9 Å². The summed E-state index contributed by atoms with van der Waals surface area (Å²) < 4.78 is 1.19. The van der Waals surface area contributed by atoms with Gasteiger partial charge in [-0.25, -0.2) is 0 Å². The smallest absolute Gasteiger partial charge is 0.106 e. The zero-order chi connectivity index (χ0) is 7.90. The first-order valence-electron chi connectivity index (χ1n) is 4.79. The fourth-order valence-electron chi connectivity index (χ4n) is 2.69. The molecule has 64 valence electrons. The van der Waals surface area contributed by atoms with Crippen molar-refractivity contribution < 1.29 is 9.59 Å². The summed E-state index contributed by atoms with van der Waals surface area (Å²) in [4.78, 5) is 0. The second kappa shape index (κ2) is 2.46. The monoisotopic (exact) mass is 156 g/mol. The van der Waals surface area contributed by atoms with E-state index in [-0.39, 0.29) is 6.10 Å². The van der Waals surface area contributed by atoms with E-state index in [2.05, 4.69) is 6.92 Å². The number of aliphatic hydroxyl groups is 1. The average molecular weight is 156 g/mol. The van der Waals surface area contributed by atoms with Crippen LogP contribution in [0, 0.1) is 5.92 Å². The van der Waals surface area contributed by atoms with Gasteiger partial charge in [-0.05, 0) is 6.92 Å². The fraction of sp³-hybridized carbons (Fsp3) is 1.00. The van der Waals surface area contributed by atoms with Crippen molar-refractivity contribution in [3.8, 4) is 0 Å². The standard InChI is InChI=1S/C9H18NO/c1-2-10-5-3-8(4-6-10)9(11)7-10/h8-9,11H,2-7H2,1H3/q+1. The number of nitrogens with zero attached hydrogens (tertiary/aromatic N) is 1. The van der Waals surface area contributed by atoms with Crippen LogP contribution in [0.4, 0.5) is 0 Å². The molecular formula is C9H18NO+. The molecule has 3 saturated heterocycles. The van der Waals surface area contributed by atoms with Crippen LogP contribution in [0.25, 0.3) is 0 Å². The van der Waals surface area contributed by atoms with Crippen LogP contribution in [-0.4, -0.2) is 41.9 Å². The maximum Gasteiger partial charge on any atom is 0.106 e. The first-order valence-corrected chi connectivity index (χ1v) is 4.79. The van der Waals surface area contributed by atoms with Crippen LogP contribution in [0.15, 0.2) is 0 Å². The van der Waals surface area contributed by atoms with Gasteiger partial charge >= 0.3 is 0 Å². The number of hydrogen-bond acceptors (Lipinski definition) is 1. The molecule has 3 aliphatic heterocycles. The average Bonchev–Trinajstić information content (AvgIpc) is 2.06. The summed E-state index contributed by atoms with van der Waals surface area (Å²) in [5, 5.41) is 9.68. The lowest BCUT2D eigenvalue weighted by Crippen LogP contribution is -2.63. The summed E-state index contributed by atoms with van der Waals surface area (Å²) >= 11 is 0. The zero-order valence-electron chi connectivity index (χ0n) is 7.29. The van der Waals surface area contributed by atoms with E-state index in [1.165, 1.54) is 37.0 Å². The third-order valence-corrected chi connectivity index (χ3v) is 3.74. The molecule has 0 radical (unpaired) electrons. The summed E-state index contributed by atoms with van der Waals surface area (Å²) in [6.07, 6.45) is 2.53. The summed E-state index contributed by atoms with van der Waals surface area (Å²) in [5.74, 6) is 0.640. The van der Waals surface area contributed by atoms with Crippen molar-refractivity contribution in [3.63, 3.8) is 0 Å². The molecule has 1 N–H and O–H groups in total. The van der Waals surface area contributed by atoms with Crippen molar-refractivity contribution in [2.75, 3.05) is 26.2 Å². The Labute approximate surface area is 68.4 Å². The van der Waals surface area contributed by atoms with Gasteiger partial charge in [0.05, 0.1) is 19.6 Å². The number of likely N-dealkylation sites (N-methyl/N-ethyl adjacent to an activating group) is 1. The molecule has 0 aromatic heterocycles. The van der Waals surface area contributed by atoms with Gasteiger partial charge in [-0.2, -0.15) is 0 Å². The van der Waals surface area contributed by atoms with Crippen LogP contribution < -0.4 is 0 Å². The predicted octanol–water partition coefficient (Wildman–Crippen LogP) is 0.608. The highest BCUT2D eigenvalue weighted by atomic mass is 16.3. The first kappa shape index (κ1) is 7.56. The first-order chi connectivity index (χ1) is 5.26. The minimum absolute atomic E-state index is 0.0115. The molecule has 2 heteroatoms. The zero-order valence-corrected chi connectivity index (χ0v) is 7.29. The van der Waals surface area contributed by atoms with E-state index in [1.807, 2.05) is 0 Å². The van der Waals surface area contributed by atoms with Crippen molar-refractivity contribution in [1.29, 1.82) is 0 Å². The second-order valence-electron chi connectivity index (χ2n) is 4.19. The van der Waals surface area contributed by atoms with Crippen LogP contribution in [0.1, 0.15) is 19.8 Å². The van der Waals surface area contributed by atoms with Gasteiger partial charge < -0.3 is 9.59 Å². The molecule has 11 heavy (non-hydrogen) atoms. The number of hydrogen-bond donors (Lipinski definition) is 1. The highest BCUT2D eigenvalue weighted by Gasteiger charge is 2.43. The Hall–Kier alpha value is -0.0800. The minimum atomic E-state index is 0.0115. The maximum absolute atomic E-state index is 9.68. The lowest BCUT2D eigenvalue weighted by molar-refractivity contribution is -0.944. The Kier molecular flexibility index (Phi) is 1.69. The van der Waals surface area contributed by atoms with Crippen molar-refractivity contribution in [2.24, 2.45) is 5.92 Å². The van der Waals surface area contributed by atoms with E-state index in [0.29, 0.717) is 5.92 Å². The number of rotatable bonds is 1. The maximum atomic E-state index is 9.68. The molecule has 3 rings (SSSR count). The van der Waals surface area contributed by atoms with E-state index < -0.39 is 0 Å².